The third-order valence-corrected chi connectivity index (χ3v) is 4.16. The third kappa shape index (κ3) is 4.37. The highest BCUT2D eigenvalue weighted by Crippen LogP contribution is 2.25. The molecule has 0 radical (unpaired) electrons. The van der Waals surface area contributed by atoms with Gasteiger partial charge in [0.2, 0.25) is 5.91 Å². The van der Waals surface area contributed by atoms with Crippen LogP contribution in [0.25, 0.3) is 0 Å². The minimum absolute atomic E-state index is 0.0227. The molecule has 1 saturated carbocycles. The predicted molar refractivity (Wildman–Crippen MR) is 81.0 cm³/mol. The van der Waals surface area contributed by atoms with E-state index < -0.39 is 36.0 Å². The highest BCUT2D eigenvalue weighted by atomic mass is 19.1. The normalized spacial score (nSPS) is 18.8. The maximum atomic E-state index is 13.6. The smallest absolute Gasteiger partial charge is 0.328 e. The van der Waals surface area contributed by atoms with Crippen molar-refractivity contribution in [3.05, 3.63) is 35.4 Å². The number of ether oxygens (including phenoxy) is 1. The Morgan fingerprint density at radius 3 is 2.58 bits per heavy atom. The molecule has 2 rings (SSSR count). The Morgan fingerprint density at radius 1 is 1.33 bits per heavy atom. The Balaban J connectivity index is 2.10. The monoisotopic (exact) mass is 339 g/mol. The van der Waals surface area contributed by atoms with Crippen molar-refractivity contribution < 1.29 is 27.9 Å². The number of amides is 1. The van der Waals surface area contributed by atoms with Crippen molar-refractivity contribution in [3.63, 3.8) is 0 Å². The van der Waals surface area contributed by atoms with Crippen LogP contribution < -0.4 is 5.32 Å². The van der Waals surface area contributed by atoms with Crippen molar-refractivity contribution in [1.82, 2.24) is 5.32 Å². The van der Waals surface area contributed by atoms with Crippen LogP contribution in [0.1, 0.15) is 31.2 Å². The molecular formula is C17H19F2NO4. The Kier molecular flexibility index (Phi) is 6.00. The van der Waals surface area contributed by atoms with E-state index in [2.05, 4.69) is 10.1 Å². The number of nitrogens with one attached hydrogen (secondary N) is 1. The summed E-state index contributed by atoms with van der Waals surface area (Å²) >= 11 is 0. The molecule has 0 saturated heterocycles. The molecule has 24 heavy (non-hydrogen) atoms. The molecule has 1 amide bonds. The minimum Gasteiger partial charge on any atom is -0.467 e. The van der Waals surface area contributed by atoms with Crippen LogP contribution in [-0.2, 0) is 25.5 Å². The molecule has 1 aromatic carbocycles. The van der Waals surface area contributed by atoms with E-state index in [1.165, 1.54) is 13.2 Å². The predicted octanol–water partition coefficient (Wildman–Crippen LogP) is 1.92. The van der Waals surface area contributed by atoms with Gasteiger partial charge in [-0.25, -0.2) is 13.6 Å². The number of esters is 1. The van der Waals surface area contributed by atoms with Gasteiger partial charge in [0, 0.05) is 18.4 Å². The summed E-state index contributed by atoms with van der Waals surface area (Å²) in [4.78, 5) is 35.7. The molecule has 0 spiro atoms. The summed E-state index contributed by atoms with van der Waals surface area (Å²) in [5, 5.41) is 2.46. The SMILES string of the molecule is COC(=O)[C@@H](NC(=O)Cc1c(F)cccc1F)[C@@H]1CCCC(=O)C1. The molecule has 5 nitrogen and oxygen atoms in total. The van der Waals surface area contributed by atoms with E-state index in [-0.39, 0.29) is 23.7 Å². The van der Waals surface area contributed by atoms with E-state index >= 15 is 0 Å². The van der Waals surface area contributed by atoms with Crippen LogP contribution in [-0.4, -0.2) is 30.8 Å². The van der Waals surface area contributed by atoms with Gasteiger partial charge in [-0.15, -0.1) is 0 Å². The molecule has 0 bridgehead atoms. The van der Waals surface area contributed by atoms with Gasteiger partial charge in [0.25, 0.3) is 0 Å². The second-order valence-electron chi connectivity index (χ2n) is 5.84. The van der Waals surface area contributed by atoms with Crippen LogP contribution in [0.2, 0.25) is 0 Å². The fourth-order valence-corrected chi connectivity index (χ4v) is 2.92. The van der Waals surface area contributed by atoms with Gasteiger partial charge in [-0.2, -0.15) is 0 Å². The molecule has 1 fully saturated rings. The summed E-state index contributed by atoms with van der Waals surface area (Å²) in [5.41, 5.74) is -0.363. The van der Waals surface area contributed by atoms with Crippen molar-refractivity contribution >= 4 is 17.7 Å². The fourth-order valence-electron chi connectivity index (χ4n) is 2.92. The lowest BCUT2D eigenvalue weighted by molar-refractivity contribution is -0.147. The zero-order valence-corrected chi connectivity index (χ0v) is 13.3. The number of hydrogen-bond acceptors (Lipinski definition) is 4. The summed E-state index contributed by atoms with van der Waals surface area (Å²) in [6, 6.07) is 2.32. The molecule has 1 aliphatic carbocycles. The van der Waals surface area contributed by atoms with E-state index in [1.54, 1.807) is 0 Å². The number of rotatable bonds is 5. The molecule has 0 heterocycles. The summed E-state index contributed by atoms with van der Waals surface area (Å²) < 4.78 is 31.9. The summed E-state index contributed by atoms with van der Waals surface area (Å²) in [5.74, 6) is -3.37. The first-order chi connectivity index (χ1) is 11.4. The first-order valence-electron chi connectivity index (χ1n) is 7.74. The molecule has 0 aromatic heterocycles. The van der Waals surface area contributed by atoms with Crippen molar-refractivity contribution in [3.8, 4) is 0 Å². The summed E-state index contributed by atoms with van der Waals surface area (Å²) in [7, 11) is 1.18. The Morgan fingerprint density at radius 2 is 2.00 bits per heavy atom. The maximum absolute atomic E-state index is 13.6. The fraction of sp³-hybridized carbons (Fsp3) is 0.471. The number of carbonyl (C=O) groups excluding carboxylic acids is 3. The number of carbonyl (C=O) groups is 3. The largest absolute Gasteiger partial charge is 0.467 e. The Hall–Kier alpha value is -2.31. The zero-order valence-electron chi connectivity index (χ0n) is 13.3. The molecule has 0 aliphatic heterocycles. The molecule has 1 aromatic rings. The van der Waals surface area contributed by atoms with Gasteiger partial charge in [-0.3, -0.25) is 9.59 Å². The number of methoxy groups -OCH3 is 1. The number of hydrogen-bond donors (Lipinski definition) is 1. The molecule has 0 unspecified atom stereocenters. The number of benzene rings is 1. The number of ketones is 1. The van der Waals surface area contributed by atoms with Gasteiger partial charge in [0.1, 0.15) is 23.5 Å². The van der Waals surface area contributed by atoms with E-state index in [9.17, 15) is 23.2 Å². The van der Waals surface area contributed by atoms with Gasteiger partial charge < -0.3 is 10.1 Å². The average molecular weight is 339 g/mol. The third-order valence-electron chi connectivity index (χ3n) is 4.16. The van der Waals surface area contributed by atoms with E-state index in [0.29, 0.717) is 19.3 Å². The molecule has 1 N–H and O–H groups in total. The minimum atomic E-state index is -0.999. The second-order valence-corrected chi connectivity index (χ2v) is 5.84. The maximum Gasteiger partial charge on any atom is 0.328 e. The highest BCUT2D eigenvalue weighted by molar-refractivity contribution is 5.87. The summed E-state index contributed by atoms with van der Waals surface area (Å²) in [6.45, 7) is 0. The van der Waals surface area contributed by atoms with Gasteiger partial charge in [-0.05, 0) is 30.9 Å². The lowest BCUT2D eigenvalue weighted by atomic mass is 9.83. The van der Waals surface area contributed by atoms with Gasteiger partial charge >= 0.3 is 5.97 Å². The first-order valence-corrected chi connectivity index (χ1v) is 7.74. The van der Waals surface area contributed by atoms with Crippen LogP contribution in [0.15, 0.2) is 18.2 Å². The zero-order chi connectivity index (χ0) is 17.7. The molecule has 2 atom stereocenters. The lowest BCUT2D eigenvalue weighted by Crippen LogP contribution is -2.48. The topological polar surface area (TPSA) is 72.5 Å². The molecule has 1 aliphatic rings. The quantitative estimate of drug-likeness (QED) is 0.832. The number of halogens is 2. The van der Waals surface area contributed by atoms with Gasteiger partial charge in [-0.1, -0.05) is 6.07 Å². The Labute approximate surface area is 138 Å². The van der Waals surface area contributed by atoms with Crippen molar-refractivity contribution in [2.24, 2.45) is 5.92 Å². The molecule has 130 valence electrons. The standard InChI is InChI=1S/C17H19F2NO4/c1-24-17(23)16(10-4-2-5-11(21)8-10)20-15(22)9-12-13(18)6-3-7-14(12)19/h3,6-7,10,16H,2,4-5,8-9H2,1H3,(H,20,22)/t10-,16+/m1/s1. The van der Waals surface area contributed by atoms with Crippen molar-refractivity contribution in [2.75, 3.05) is 7.11 Å². The van der Waals surface area contributed by atoms with Gasteiger partial charge in [0.15, 0.2) is 0 Å². The van der Waals surface area contributed by atoms with Crippen LogP contribution >= 0.6 is 0 Å². The second kappa shape index (κ2) is 7.99. The van der Waals surface area contributed by atoms with Crippen LogP contribution in [0, 0.1) is 17.6 Å². The number of Topliss-reactive ketones (excluding diaryl/α,β-unsaturated/α-hetero) is 1. The first kappa shape index (κ1) is 18.0. The van der Waals surface area contributed by atoms with Crippen LogP contribution in [0.4, 0.5) is 8.78 Å². The van der Waals surface area contributed by atoms with Crippen molar-refractivity contribution in [1.29, 1.82) is 0 Å². The lowest BCUT2D eigenvalue weighted by Gasteiger charge is -2.28. The van der Waals surface area contributed by atoms with Crippen LogP contribution in [0.5, 0.6) is 0 Å². The molecule has 7 heteroatoms. The van der Waals surface area contributed by atoms with E-state index in [4.69, 9.17) is 0 Å². The Bertz CT molecular complexity index is 627. The average Bonchev–Trinajstić information content (AvgIpc) is 2.55. The summed E-state index contributed by atoms with van der Waals surface area (Å²) in [6.07, 6.45) is 1.33. The van der Waals surface area contributed by atoms with Crippen LogP contribution in [0.3, 0.4) is 0 Å². The van der Waals surface area contributed by atoms with E-state index in [1.807, 2.05) is 0 Å². The molecular weight excluding hydrogens is 320 g/mol. The highest BCUT2D eigenvalue weighted by Gasteiger charge is 2.34. The van der Waals surface area contributed by atoms with Gasteiger partial charge in [0.05, 0.1) is 13.5 Å². The van der Waals surface area contributed by atoms with Crippen molar-refractivity contribution in [2.45, 2.75) is 38.1 Å². The van der Waals surface area contributed by atoms with E-state index in [0.717, 1.165) is 12.1 Å².